The van der Waals surface area contributed by atoms with Crippen molar-refractivity contribution in [1.82, 2.24) is 4.98 Å². The normalized spacial score (nSPS) is 9.31. The average molecular weight is 180 g/mol. The quantitative estimate of drug-likeness (QED) is 0.517. The second kappa shape index (κ2) is 3.66. The number of carbonyl (C=O) groups is 2. The van der Waals surface area contributed by atoms with Gasteiger partial charge in [-0.3, -0.25) is 9.78 Å². The van der Waals surface area contributed by atoms with E-state index < -0.39 is 11.8 Å². The van der Waals surface area contributed by atoms with Crippen LogP contribution in [0, 0.1) is 0 Å². The Hall–Kier alpha value is -1.91. The van der Waals surface area contributed by atoms with Gasteiger partial charge in [-0.1, -0.05) is 0 Å². The van der Waals surface area contributed by atoms with Crippen LogP contribution in [0.4, 0.5) is 5.69 Å². The number of carbonyl (C=O) groups excluding carboxylic acids is 2. The largest absolute Gasteiger partial charge is 0.417 e. The molecule has 2 N–H and O–H groups in total. The number of ketones is 1. The van der Waals surface area contributed by atoms with Crippen molar-refractivity contribution in [3.63, 3.8) is 0 Å². The van der Waals surface area contributed by atoms with Crippen LogP contribution in [0.15, 0.2) is 18.5 Å². The van der Waals surface area contributed by atoms with E-state index in [4.69, 9.17) is 5.73 Å². The van der Waals surface area contributed by atoms with Crippen LogP contribution in [0.25, 0.3) is 0 Å². The molecule has 0 aliphatic rings. The van der Waals surface area contributed by atoms with Crippen molar-refractivity contribution in [2.75, 3.05) is 5.73 Å². The maximum absolute atomic E-state index is 10.8. The molecule has 0 radical (unpaired) electrons. The van der Waals surface area contributed by atoms with E-state index in [-0.39, 0.29) is 11.4 Å². The first-order valence-electron chi connectivity index (χ1n) is 3.53. The van der Waals surface area contributed by atoms with Crippen molar-refractivity contribution in [3.05, 3.63) is 18.5 Å². The molecule has 1 aromatic rings. The van der Waals surface area contributed by atoms with E-state index in [1.807, 2.05) is 0 Å². The standard InChI is InChI=1S/C8H8N2O3/c1-5(11)8(12)13-7-4-10-3-2-6(7)9/h2-4H,1H3,(H2,9,10). The Morgan fingerprint density at radius 1 is 1.54 bits per heavy atom. The number of aromatic nitrogens is 1. The van der Waals surface area contributed by atoms with Gasteiger partial charge in [-0.2, -0.15) is 0 Å². The number of esters is 1. The highest BCUT2D eigenvalue weighted by molar-refractivity contribution is 6.33. The second-order valence-electron chi connectivity index (χ2n) is 2.36. The van der Waals surface area contributed by atoms with E-state index >= 15 is 0 Å². The Kier molecular flexibility index (Phi) is 2.59. The van der Waals surface area contributed by atoms with Gasteiger partial charge < -0.3 is 10.5 Å². The molecule has 68 valence electrons. The highest BCUT2D eigenvalue weighted by Gasteiger charge is 2.11. The number of hydrogen-bond acceptors (Lipinski definition) is 5. The van der Waals surface area contributed by atoms with Gasteiger partial charge in [0.05, 0.1) is 11.9 Å². The number of rotatable bonds is 2. The minimum absolute atomic E-state index is 0.0997. The smallest absolute Gasteiger partial charge is 0.379 e. The zero-order valence-electron chi connectivity index (χ0n) is 6.98. The fourth-order valence-electron chi connectivity index (χ4n) is 0.648. The zero-order chi connectivity index (χ0) is 9.84. The number of nitrogens with two attached hydrogens (primary N) is 1. The minimum atomic E-state index is -0.945. The maximum atomic E-state index is 10.8. The lowest BCUT2D eigenvalue weighted by molar-refractivity contribution is -0.146. The molecule has 0 unspecified atom stereocenters. The average Bonchev–Trinajstić information content (AvgIpc) is 2.08. The third-order valence-corrected chi connectivity index (χ3v) is 1.31. The molecule has 1 heterocycles. The molecule has 0 aliphatic heterocycles. The summed E-state index contributed by atoms with van der Waals surface area (Å²) in [7, 11) is 0. The molecule has 5 heteroatoms. The maximum Gasteiger partial charge on any atom is 0.379 e. The van der Waals surface area contributed by atoms with Gasteiger partial charge >= 0.3 is 5.97 Å². The fourth-order valence-corrected chi connectivity index (χ4v) is 0.648. The summed E-state index contributed by atoms with van der Waals surface area (Å²) in [4.78, 5) is 25.0. The van der Waals surface area contributed by atoms with E-state index in [0.29, 0.717) is 0 Å². The van der Waals surface area contributed by atoms with E-state index in [2.05, 4.69) is 9.72 Å². The van der Waals surface area contributed by atoms with E-state index in [0.717, 1.165) is 6.92 Å². The molecule has 13 heavy (non-hydrogen) atoms. The van der Waals surface area contributed by atoms with Crippen LogP contribution in [0.5, 0.6) is 5.75 Å². The van der Waals surface area contributed by atoms with Crippen LogP contribution in [-0.4, -0.2) is 16.7 Å². The van der Waals surface area contributed by atoms with E-state index in [1.54, 1.807) is 0 Å². The molecule has 0 fully saturated rings. The Balaban J connectivity index is 2.81. The van der Waals surface area contributed by atoms with Crippen molar-refractivity contribution < 1.29 is 14.3 Å². The van der Waals surface area contributed by atoms with Crippen LogP contribution in [-0.2, 0) is 9.59 Å². The summed E-state index contributed by atoms with van der Waals surface area (Å²) in [6.07, 6.45) is 2.73. The summed E-state index contributed by atoms with van der Waals surface area (Å²) < 4.78 is 4.63. The lowest BCUT2D eigenvalue weighted by Crippen LogP contribution is -2.17. The van der Waals surface area contributed by atoms with Crippen LogP contribution in [0.2, 0.25) is 0 Å². The van der Waals surface area contributed by atoms with Crippen molar-refractivity contribution in [2.24, 2.45) is 0 Å². The van der Waals surface area contributed by atoms with Crippen LogP contribution >= 0.6 is 0 Å². The molecular formula is C8H8N2O3. The highest BCUT2D eigenvalue weighted by atomic mass is 16.5. The van der Waals surface area contributed by atoms with Crippen LogP contribution < -0.4 is 10.5 Å². The first-order valence-corrected chi connectivity index (χ1v) is 3.53. The van der Waals surface area contributed by atoms with Crippen molar-refractivity contribution in [3.8, 4) is 5.75 Å². The summed E-state index contributed by atoms with van der Waals surface area (Å²) in [5, 5.41) is 0. The van der Waals surface area contributed by atoms with E-state index in [9.17, 15) is 9.59 Å². The van der Waals surface area contributed by atoms with Crippen LogP contribution in [0.1, 0.15) is 6.92 Å². The molecule has 0 aromatic carbocycles. The van der Waals surface area contributed by atoms with Gasteiger partial charge in [-0.05, 0) is 6.07 Å². The molecule has 0 atom stereocenters. The van der Waals surface area contributed by atoms with Gasteiger partial charge in [0.1, 0.15) is 0 Å². The van der Waals surface area contributed by atoms with Crippen molar-refractivity contribution >= 4 is 17.4 Å². The Labute approximate surface area is 74.5 Å². The number of anilines is 1. The number of nitrogens with zero attached hydrogens (tertiary/aromatic N) is 1. The van der Waals surface area contributed by atoms with Gasteiger partial charge in [0.2, 0.25) is 5.78 Å². The SMILES string of the molecule is CC(=O)C(=O)Oc1cnccc1N. The summed E-state index contributed by atoms with van der Waals surface area (Å²) >= 11 is 0. The van der Waals surface area contributed by atoms with Gasteiger partial charge in [-0.25, -0.2) is 4.79 Å². The molecule has 0 bridgehead atoms. The number of ether oxygens (including phenoxy) is 1. The molecular weight excluding hydrogens is 172 g/mol. The zero-order valence-corrected chi connectivity index (χ0v) is 6.98. The predicted molar refractivity (Wildman–Crippen MR) is 45.0 cm³/mol. The number of pyridine rings is 1. The summed E-state index contributed by atoms with van der Waals surface area (Å²) in [5.41, 5.74) is 5.71. The van der Waals surface area contributed by atoms with Crippen molar-refractivity contribution in [1.29, 1.82) is 0 Å². The predicted octanol–water partition coefficient (Wildman–Crippen LogP) is 0.158. The van der Waals surface area contributed by atoms with Crippen molar-refractivity contribution in [2.45, 2.75) is 6.92 Å². The van der Waals surface area contributed by atoms with Crippen LogP contribution in [0.3, 0.4) is 0 Å². The third-order valence-electron chi connectivity index (χ3n) is 1.31. The molecule has 1 rings (SSSR count). The fraction of sp³-hybridized carbons (Fsp3) is 0.125. The number of hydrogen-bond donors (Lipinski definition) is 1. The first kappa shape index (κ1) is 9.18. The lowest BCUT2D eigenvalue weighted by atomic mass is 10.4. The number of Topliss-reactive ketones (excluding diaryl/α,β-unsaturated/α-hetero) is 1. The highest BCUT2D eigenvalue weighted by Crippen LogP contribution is 2.17. The second-order valence-corrected chi connectivity index (χ2v) is 2.36. The molecule has 0 saturated heterocycles. The molecule has 0 amide bonds. The Bertz CT molecular complexity index is 349. The molecule has 1 aromatic heterocycles. The lowest BCUT2D eigenvalue weighted by Gasteiger charge is -2.02. The monoisotopic (exact) mass is 180 g/mol. The summed E-state index contributed by atoms with van der Waals surface area (Å²) in [6.45, 7) is 1.12. The van der Waals surface area contributed by atoms with Gasteiger partial charge in [0.15, 0.2) is 5.75 Å². The molecule has 5 nitrogen and oxygen atoms in total. The Morgan fingerprint density at radius 3 is 2.77 bits per heavy atom. The minimum Gasteiger partial charge on any atom is -0.417 e. The number of nitrogen functional groups attached to an aromatic ring is 1. The molecule has 0 spiro atoms. The van der Waals surface area contributed by atoms with Gasteiger partial charge in [-0.15, -0.1) is 0 Å². The van der Waals surface area contributed by atoms with Gasteiger partial charge in [0, 0.05) is 13.1 Å². The topological polar surface area (TPSA) is 82.3 Å². The molecule has 0 saturated carbocycles. The summed E-state index contributed by atoms with van der Waals surface area (Å²) in [5.74, 6) is -1.52. The molecule has 0 aliphatic carbocycles. The first-order chi connectivity index (χ1) is 6.11. The van der Waals surface area contributed by atoms with Gasteiger partial charge in [0.25, 0.3) is 0 Å². The summed E-state index contributed by atoms with van der Waals surface area (Å²) in [6, 6.07) is 1.47. The Morgan fingerprint density at radius 2 is 2.23 bits per heavy atom. The third kappa shape index (κ3) is 2.26. The van der Waals surface area contributed by atoms with E-state index in [1.165, 1.54) is 18.5 Å².